The number of benzene rings is 2. The SMILES string of the molecule is O=C(NCC1(c2c(F)cccc2F)CC1)[C@@H]1CCn2c(cnc2-c2ccccc2)C1. The van der Waals surface area contributed by atoms with E-state index < -0.39 is 17.0 Å². The van der Waals surface area contributed by atoms with Gasteiger partial charge in [-0.1, -0.05) is 36.4 Å². The van der Waals surface area contributed by atoms with E-state index in [-0.39, 0.29) is 23.9 Å². The highest BCUT2D eigenvalue weighted by Crippen LogP contribution is 2.49. The van der Waals surface area contributed by atoms with Gasteiger partial charge in [0.1, 0.15) is 17.5 Å². The molecule has 1 amide bonds. The predicted octanol–water partition coefficient (Wildman–Crippen LogP) is 4.24. The fourth-order valence-electron chi connectivity index (χ4n) is 4.58. The van der Waals surface area contributed by atoms with Crippen molar-refractivity contribution in [2.75, 3.05) is 6.54 Å². The molecule has 2 aromatic carbocycles. The molecule has 0 bridgehead atoms. The maximum absolute atomic E-state index is 14.2. The van der Waals surface area contributed by atoms with Crippen LogP contribution in [0.15, 0.2) is 54.7 Å². The molecule has 0 radical (unpaired) electrons. The summed E-state index contributed by atoms with van der Waals surface area (Å²) in [6.07, 6.45) is 4.55. The van der Waals surface area contributed by atoms with E-state index in [2.05, 4.69) is 14.9 Å². The Kier molecular flexibility index (Phi) is 4.65. The molecule has 0 spiro atoms. The van der Waals surface area contributed by atoms with Crippen molar-refractivity contribution < 1.29 is 13.6 Å². The van der Waals surface area contributed by atoms with Crippen LogP contribution in [0.4, 0.5) is 8.78 Å². The first-order chi connectivity index (χ1) is 14.6. The minimum atomic E-state index is -0.609. The van der Waals surface area contributed by atoms with Gasteiger partial charge in [0.25, 0.3) is 0 Å². The van der Waals surface area contributed by atoms with Crippen LogP contribution in [0, 0.1) is 17.6 Å². The van der Waals surface area contributed by atoms with Crippen molar-refractivity contribution in [2.24, 2.45) is 5.92 Å². The average molecular weight is 407 g/mol. The zero-order valence-electron chi connectivity index (χ0n) is 16.6. The number of imidazole rings is 1. The van der Waals surface area contributed by atoms with Gasteiger partial charge in [-0.15, -0.1) is 0 Å². The second kappa shape index (κ2) is 7.35. The van der Waals surface area contributed by atoms with Crippen molar-refractivity contribution >= 4 is 5.91 Å². The molecule has 154 valence electrons. The Bertz CT molecular complexity index is 1070. The van der Waals surface area contributed by atoms with E-state index in [9.17, 15) is 13.6 Å². The molecule has 1 fully saturated rings. The van der Waals surface area contributed by atoms with Crippen LogP contribution < -0.4 is 5.32 Å². The molecule has 1 atom stereocenters. The summed E-state index contributed by atoms with van der Waals surface area (Å²) in [5.41, 5.74) is 1.61. The number of aromatic nitrogens is 2. The summed E-state index contributed by atoms with van der Waals surface area (Å²) in [4.78, 5) is 17.4. The Morgan fingerprint density at radius 3 is 2.53 bits per heavy atom. The van der Waals surface area contributed by atoms with Gasteiger partial charge in [0.15, 0.2) is 0 Å². The predicted molar refractivity (Wildman–Crippen MR) is 110 cm³/mol. The molecule has 4 nitrogen and oxygen atoms in total. The van der Waals surface area contributed by atoms with Crippen LogP contribution >= 0.6 is 0 Å². The second-order valence-corrected chi connectivity index (χ2v) is 8.38. The van der Waals surface area contributed by atoms with E-state index in [0.717, 1.165) is 30.0 Å². The lowest BCUT2D eigenvalue weighted by Crippen LogP contribution is -2.39. The molecule has 1 aromatic heterocycles. The summed E-state index contributed by atoms with van der Waals surface area (Å²) in [6, 6.07) is 14.0. The molecule has 3 aromatic rings. The van der Waals surface area contributed by atoms with Gasteiger partial charge in [-0.05, 0) is 31.4 Å². The Balaban J connectivity index is 1.26. The molecule has 1 aliphatic heterocycles. The smallest absolute Gasteiger partial charge is 0.223 e. The fraction of sp³-hybridized carbons (Fsp3) is 0.333. The molecule has 1 saturated carbocycles. The largest absolute Gasteiger partial charge is 0.355 e. The number of nitrogens with zero attached hydrogens (tertiary/aromatic N) is 2. The van der Waals surface area contributed by atoms with Crippen LogP contribution in [-0.4, -0.2) is 22.0 Å². The number of halogens is 2. The van der Waals surface area contributed by atoms with Gasteiger partial charge in [-0.25, -0.2) is 13.8 Å². The first-order valence-corrected chi connectivity index (χ1v) is 10.4. The zero-order chi connectivity index (χ0) is 20.7. The standard InChI is InChI=1S/C24H23F2N3O/c25-19-7-4-8-20(26)21(19)24(10-11-24)15-28-23(30)17-9-12-29-18(13-17)14-27-22(29)16-5-2-1-3-6-16/h1-8,14,17H,9-13,15H2,(H,28,30)/t17-/m1/s1. The Morgan fingerprint density at radius 1 is 1.10 bits per heavy atom. The monoisotopic (exact) mass is 407 g/mol. The van der Waals surface area contributed by atoms with Crippen LogP contribution in [0.2, 0.25) is 0 Å². The molecule has 0 saturated heterocycles. The van der Waals surface area contributed by atoms with E-state index in [0.29, 0.717) is 19.3 Å². The van der Waals surface area contributed by atoms with E-state index >= 15 is 0 Å². The van der Waals surface area contributed by atoms with E-state index in [4.69, 9.17) is 0 Å². The molecular weight excluding hydrogens is 384 g/mol. The van der Waals surface area contributed by atoms with Crippen molar-refractivity contribution in [1.29, 1.82) is 0 Å². The van der Waals surface area contributed by atoms with Gasteiger partial charge in [0.2, 0.25) is 5.91 Å². The van der Waals surface area contributed by atoms with E-state index in [1.807, 2.05) is 36.5 Å². The normalized spacial score (nSPS) is 19.2. The molecule has 2 heterocycles. The number of fused-ring (bicyclic) bond motifs is 1. The third-order valence-electron chi connectivity index (χ3n) is 6.45. The Morgan fingerprint density at radius 2 is 1.83 bits per heavy atom. The highest BCUT2D eigenvalue weighted by molar-refractivity contribution is 5.79. The lowest BCUT2D eigenvalue weighted by Gasteiger charge is -2.25. The zero-order valence-corrected chi connectivity index (χ0v) is 16.6. The number of amides is 1. The van der Waals surface area contributed by atoms with Crippen molar-refractivity contribution in [1.82, 2.24) is 14.9 Å². The Labute approximate surface area is 173 Å². The number of carbonyl (C=O) groups excluding carboxylic acids is 1. The summed E-state index contributed by atoms with van der Waals surface area (Å²) in [5.74, 6) is -0.337. The number of carbonyl (C=O) groups is 1. The third kappa shape index (κ3) is 3.30. The van der Waals surface area contributed by atoms with Crippen LogP contribution in [0.25, 0.3) is 11.4 Å². The van der Waals surface area contributed by atoms with Gasteiger partial charge >= 0.3 is 0 Å². The molecule has 5 rings (SSSR count). The molecule has 1 N–H and O–H groups in total. The summed E-state index contributed by atoms with van der Waals surface area (Å²) in [6.45, 7) is 0.999. The quantitative estimate of drug-likeness (QED) is 0.688. The average Bonchev–Trinajstić information content (AvgIpc) is 3.41. The maximum atomic E-state index is 14.2. The lowest BCUT2D eigenvalue weighted by atomic mass is 9.92. The molecule has 6 heteroatoms. The van der Waals surface area contributed by atoms with Crippen molar-refractivity contribution in [2.45, 2.75) is 37.6 Å². The van der Waals surface area contributed by atoms with Gasteiger partial charge in [0, 0.05) is 53.9 Å². The van der Waals surface area contributed by atoms with Gasteiger partial charge in [0.05, 0.1) is 0 Å². The summed E-state index contributed by atoms with van der Waals surface area (Å²) < 4.78 is 30.6. The van der Waals surface area contributed by atoms with Crippen LogP contribution in [-0.2, 0) is 23.2 Å². The minimum absolute atomic E-state index is 0.0493. The molecule has 1 aliphatic carbocycles. The van der Waals surface area contributed by atoms with E-state index in [1.165, 1.54) is 18.2 Å². The Hall–Kier alpha value is -3.02. The number of hydrogen-bond acceptors (Lipinski definition) is 2. The van der Waals surface area contributed by atoms with Crippen LogP contribution in [0.1, 0.15) is 30.5 Å². The highest BCUT2D eigenvalue weighted by Gasteiger charge is 2.48. The van der Waals surface area contributed by atoms with Gasteiger partial charge < -0.3 is 9.88 Å². The molecule has 2 aliphatic rings. The molecule has 0 unspecified atom stereocenters. The minimum Gasteiger partial charge on any atom is -0.355 e. The van der Waals surface area contributed by atoms with Crippen molar-refractivity contribution in [3.8, 4) is 11.4 Å². The second-order valence-electron chi connectivity index (χ2n) is 8.38. The fourth-order valence-corrected chi connectivity index (χ4v) is 4.58. The van der Waals surface area contributed by atoms with Crippen LogP contribution in [0.3, 0.4) is 0 Å². The molecular formula is C24H23F2N3O. The van der Waals surface area contributed by atoms with Gasteiger partial charge in [-0.2, -0.15) is 0 Å². The highest BCUT2D eigenvalue weighted by atomic mass is 19.1. The first-order valence-electron chi connectivity index (χ1n) is 10.4. The summed E-state index contributed by atoms with van der Waals surface area (Å²) in [5, 5.41) is 2.98. The van der Waals surface area contributed by atoms with Crippen molar-refractivity contribution in [3.63, 3.8) is 0 Å². The summed E-state index contributed by atoms with van der Waals surface area (Å²) >= 11 is 0. The first kappa shape index (κ1) is 19.0. The topological polar surface area (TPSA) is 46.9 Å². The maximum Gasteiger partial charge on any atom is 0.223 e. The van der Waals surface area contributed by atoms with Crippen LogP contribution in [0.5, 0.6) is 0 Å². The van der Waals surface area contributed by atoms with Gasteiger partial charge in [-0.3, -0.25) is 4.79 Å². The molecule has 30 heavy (non-hydrogen) atoms. The van der Waals surface area contributed by atoms with Crippen molar-refractivity contribution in [3.05, 3.63) is 77.6 Å². The lowest BCUT2D eigenvalue weighted by molar-refractivity contribution is -0.125. The van der Waals surface area contributed by atoms with E-state index in [1.54, 1.807) is 0 Å². The number of rotatable bonds is 5. The number of nitrogens with one attached hydrogen (secondary N) is 1. The summed E-state index contributed by atoms with van der Waals surface area (Å²) in [7, 11) is 0. The third-order valence-corrected chi connectivity index (χ3v) is 6.45. The number of hydrogen-bond donors (Lipinski definition) is 1.